The highest BCUT2D eigenvalue weighted by Crippen LogP contribution is 2.23. The van der Waals surface area contributed by atoms with Gasteiger partial charge in [-0.1, -0.05) is 109 Å². The lowest BCUT2D eigenvalue weighted by Crippen LogP contribution is -2.32. The molecule has 0 aliphatic carbocycles. The van der Waals surface area contributed by atoms with Crippen molar-refractivity contribution in [2.45, 2.75) is 32.6 Å². The summed E-state index contributed by atoms with van der Waals surface area (Å²) in [6.45, 7) is 3.10. The number of carbonyl (C=O) groups excluding carboxylic acids is 1. The summed E-state index contributed by atoms with van der Waals surface area (Å²) in [5.74, 6) is 1.87. The van der Waals surface area contributed by atoms with Crippen LogP contribution in [0.5, 0.6) is 5.75 Å². The van der Waals surface area contributed by atoms with Crippen LogP contribution in [0.25, 0.3) is 0 Å². The summed E-state index contributed by atoms with van der Waals surface area (Å²) in [7, 11) is 1.70. The van der Waals surface area contributed by atoms with E-state index in [1.807, 2.05) is 77.7 Å². The predicted octanol–water partition coefficient (Wildman–Crippen LogP) is 7.38. The van der Waals surface area contributed by atoms with E-state index in [1.165, 1.54) is 11.1 Å². The van der Waals surface area contributed by atoms with Crippen molar-refractivity contribution in [1.29, 1.82) is 0 Å². The summed E-state index contributed by atoms with van der Waals surface area (Å²) >= 11 is 0. The summed E-state index contributed by atoms with van der Waals surface area (Å²) in [6, 6.07) is 42.6. The van der Waals surface area contributed by atoms with Gasteiger partial charge < -0.3 is 14.1 Å². The third kappa shape index (κ3) is 7.96. The Kier molecular flexibility index (Phi) is 9.64. The number of rotatable bonds is 13. The molecule has 4 aromatic carbocycles. The molecule has 0 atom stereocenters. The molecule has 0 aliphatic heterocycles. The topological polar surface area (TPSA) is 45.9 Å². The molecule has 0 bridgehead atoms. The molecule has 0 fully saturated rings. The van der Waals surface area contributed by atoms with Crippen molar-refractivity contribution in [3.63, 3.8) is 0 Å². The Bertz CT molecular complexity index is 1500. The molecule has 0 saturated carbocycles. The number of furan rings is 1. The molecule has 0 unspecified atom stereocenters. The number of amides is 1. The van der Waals surface area contributed by atoms with Crippen molar-refractivity contribution in [3.05, 3.63) is 161 Å². The van der Waals surface area contributed by atoms with E-state index in [9.17, 15) is 4.79 Å². The molecule has 208 valence electrons. The molecule has 1 amide bonds. The number of para-hydroxylation sites is 1. The first-order valence-corrected chi connectivity index (χ1v) is 14.0. The molecule has 5 aromatic rings. The van der Waals surface area contributed by atoms with E-state index in [-0.39, 0.29) is 5.91 Å². The second kappa shape index (κ2) is 14.1. The lowest BCUT2D eigenvalue weighted by Gasteiger charge is -2.23. The summed E-state index contributed by atoms with van der Waals surface area (Å²) in [6.07, 6.45) is 0.775. The number of benzene rings is 4. The van der Waals surface area contributed by atoms with Gasteiger partial charge in [-0.3, -0.25) is 9.69 Å². The van der Waals surface area contributed by atoms with E-state index in [0.717, 1.165) is 35.6 Å². The Labute approximate surface area is 242 Å². The highest BCUT2D eigenvalue weighted by atomic mass is 16.5. The zero-order valence-electron chi connectivity index (χ0n) is 23.5. The molecule has 1 heterocycles. The van der Waals surface area contributed by atoms with Gasteiger partial charge in [-0.25, -0.2) is 0 Å². The second-order valence-electron chi connectivity index (χ2n) is 10.2. The minimum atomic E-state index is -0.102. The molecule has 0 radical (unpaired) electrons. The first kappa shape index (κ1) is 27.9. The minimum absolute atomic E-state index is 0.102. The highest BCUT2D eigenvalue weighted by molar-refractivity contribution is 5.91. The van der Waals surface area contributed by atoms with Crippen LogP contribution in [0.15, 0.2) is 132 Å². The van der Waals surface area contributed by atoms with Crippen LogP contribution in [0.1, 0.15) is 38.6 Å². The van der Waals surface area contributed by atoms with Gasteiger partial charge in [0.15, 0.2) is 5.76 Å². The Balaban J connectivity index is 1.33. The van der Waals surface area contributed by atoms with Crippen LogP contribution in [-0.4, -0.2) is 29.4 Å². The van der Waals surface area contributed by atoms with Crippen LogP contribution in [-0.2, 0) is 32.6 Å². The van der Waals surface area contributed by atoms with Gasteiger partial charge in [0.05, 0.1) is 13.7 Å². The maximum absolute atomic E-state index is 13.7. The van der Waals surface area contributed by atoms with Crippen LogP contribution in [0, 0.1) is 0 Å². The maximum Gasteiger partial charge on any atom is 0.289 e. The average Bonchev–Trinajstić information content (AvgIpc) is 3.49. The van der Waals surface area contributed by atoms with Gasteiger partial charge in [-0.05, 0) is 41.3 Å². The van der Waals surface area contributed by atoms with Crippen LogP contribution in [0.3, 0.4) is 0 Å². The Morgan fingerprint density at radius 1 is 0.634 bits per heavy atom. The number of hydrogen-bond acceptors (Lipinski definition) is 4. The number of hydrogen-bond donors (Lipinski definition) is 0. The molecular weight excluding hydrogens is 508 g/mol. The SMILES string of the molecule is COc1ccccc1CN(Cc1ccccc1)Cc1ccc(C(=O)N(CCc2ccccc2)Cc2ccccc2)o1. The number of carbonyl (C=O) groups is 1. The van der Waals surface area contributed by atoms with Crippen LogP contribution in [0.2, 0.25) is 0 Å². The minimum Gasteiger partial charge on any atom is -0.496 e. The average molecular weight is 545 g/mol. The molecule has 0 N–H and O–H groups in total. The molecule has 0 spiro atoms. The molecule has 5 nitrogen and oxygen atoms in total. The molecular formula is C36H36N2O3. The van der Waals surface area contributed by atoms with Gasteiger partial charge in [-0.15, -0.1) is 0 Å². The second-order valence-corrected chi connectivity index (χ2v) is 10.2. The third-order valence-electron chi connectivity index (χ3n) is 7.10. The number of nitrogens with zero attached hydrogens (tertiary/aromatic N) is 2. The van der Waals surface area contributed by atoms with E-state index >= 15 is 0 Å². The third-order valence-corrected chi connectivity index (χ3v) is 7.10. The van der Waals surface area contributed by atoms with Gasteiger partial charge in [0.2, 0.25) is 0 Å². The highest BCUT2D eigenvalue weighted by Gasteiger charge is 2.21. The van der Waals surface area contributed by atoms with Crippen molar-refractivity contribution in [2.75, 3.05) is 13.7 Å². The fourth-order valence-corrected chi connectivity index (χ4v) is 5.00. The Morgan fingerprint density at radius 3 is 1.88 bits per heavy atom. The fraction of sp³-hybridized carbons (Fsp3) is 0.194. The first-order chi connectivity index (χ1) is 20.2. The van der Waals surface area contributed by atoms with Gasteiger partial charge in [0, 0.05) is 31.7 Å². The van der Waals surface area contributed by atoms with Crippen LogP contribution in [0.4, 0.5) is 0 Å². The summed E-state index contributed by atoms with van der Waals surface area (Å²) < 4.78 is 11.8. The lowest BCUT2D eigenvalue weighted by molar-refractivity contribution is 0.0708. The number of ether oxygens (including phenoxy) is 1. The zero-order chi connectivity index (χ0) is 28.3. The van der Waals surface area contributed by atoms with Crippen molar-refractivity contribution in [3.8, 4) is 5.75 Å². The molecule has 5 rings (SSSR count). The Hall–Kier alpha value is -4.61. The van der Waals surface area contributed by atoms with Crippen LogP contribution >= 0.6 is 0 Å². The molecule has 0 saturated heterocycles. The van der Waals surface area contributed by atoms with E-state index in [1.54, 1.807) is 7.11 Å². The van der Waals surface area contributed by atoms with Gasteiger partial charge in [-0.2, -0.15) is 0 Å². The molecule has 0 aliphatic rings. The summed E-state index contributed by atoms with van der Waals surface area (Å²) in [4.78, 5) is 17.9. The monoisotopic (exact) mass is 544 g/mol. The van der Waals surface area contributed by atoms with E-state index in [4.69, 9.17) is 9.15 Å². The Morgan fingerprint density at radius 2 is 1.22 bits per heavy atom. The molecule has 1 aromatic heterocycles. The van der Waals surface area contributed by atoms with Crippen molar-refractivity contribution in [2.24, 2.45) is 0 Å². The van der Waals surface area contributed by atoms with E-state index in [0.29, 0.717) is 31.9 Å². The van der Waals surface area contributed by atoms with Crippen LogP contribution < -0.4 is 4.74 Å². The van der Waals surface area contributed by atoms with Gasteiger partial charge in [0.25, 0.3) is 5.91 Å². The normalized spacial score (nSPS) is 11.0. The van der Waals surface area contributed by atoms with Crippen molar-refractivity contribution >= 4 is 5.91 Å². The number of methoxy groups -OCH3 is 1. The standard InChI is InChI=1S/C36H36N2O3/c1-40-34-20-12-11-19-32(34)27-37(25-30-15-7-3-8-16-30)28-33-21-22-35(41-33)36(39)38(26-31-17-9-4-10-18-31)24-23-29-13-5-2-6-14-29/h2-22H,23-28H2,1H3. The summed E-state index contributed by atoms with van der Waals surface area (Å²) in [5.41, 5.74) is 4.60. The zero-order valence-corrected chi connectivity index (χ0v) is 23.5. The van der Waals surface area contributed by atoms with Gasteiger partial charge >= 0.3 is 0 Å². The van der Waals surface area contributed by atoms with E-state index in [2.05, 4.69) is 59.5 Å². The van der Waals surface area contributed by atoms with Crippen molar-refractivity contribution < 1.29 is 13.9 Å². The summed E-state index contributed by atoms with van der Waals surface area (Å²) in [5, 5.41) is 0. The lowest BCUT2D eigenvalue weighted by atomic mass is 10.1. The molecule has 41 heavy (non-hydrogen) atoms. The largest absolute Gasteiger partial charge is 0.496 e. The molecule has 5 heteroatoms. The van der Waals surface area contributed by atoms with Crippen molar-refractivity contribution in [1.82, 2.24) is 9.80 Å². The smallest absolute Gasteiger partial charge is 0.289 e. The predicted molar refractivity (Wildman–Crippen MR) is 162 cm³/mol. The fourth-order valence-electron chi connectivity index (χ4n) is 5.00. The van der Waals surface area contributed by atoms with E-state index < -0.39 is 0 Å². The van der Waals surface area contributed by atoms with Gasteiger partial charge in [0.1, 0.15) is 11.5 Å². The maximum atomic E-state index is 13.7. The quantitative estimate of drug-likeness (QED) is 0.155. The first-order valence-electron chi connectivity index (χ1n) is 14.0.